The van der Waals surface area contributed by atoms with Gasteiger partial charge in [-0.15, -0.1) is 0 Å². The van der Waals surface area contributed by atoms with Gasteiger partial charge in [-0.1, -0.05) is 0 Å². The molecule has 1 aliphatic rings. The second-order valence-electron chi connectivity index (χ2n) is 6.69. The molecule has 0 unspecified atom stereocenters. The Bertz CT molecular complexity index is 1140. The third-order valence-electron chi connectivity index (χ3n) is 4.85. The van der Waals surface area contributed by atoms with E-state index in [4.69, 9.17) is 0 Å². The largest absolute Gasteiger partial charge is 0.311 e. The maximum atomic E-state index is 13.8. The number of anilines is 1. The fourth-order valence-electron chi connectivity index (χ4n) is 3.05. The summed E-state index contributed by atoms with van der Waals surface area (Å²) in [5.74, 6) is -1.29. The number of pyridine rings is 3. The first-order chi connectivity index (χ1) is 12.9. The SMILES string of the molecule is Cc1c(F)cncc1-c1cc2cnc(NC(=O)[C@H]3C[C@@H]3F)cc2n(C)c1=O. The van der Waals surface area contributed by atoms with E-state index in [1.807, 2.05) is 0 Å². The van der Waals surface area contributed by atoms with Gasteiger partial charge in [0, 0.05) is 42.0 Å². The lowest BCUT2D eigenvalue weighted by molar-refractivity contribution is -0.117. The Morgan fingerprint density at radius 1 is 1.26 bits per heavy atom. The van der Waals surface area contributed by atoms with Crippen molar-refractivity contribution in [1.82, 2.24) is 14.5 Å². The first-order valence-corrected chi connectivity index (χ1v) is 8.42. The van der Waals surface area contributed by atoms with Crippen LogP contribution in [0.25, 0.3) is 22.0 Å². The molecule has 1 fully saturated rings. The Kier molecular flexibility index (Phi) is 3.98. The van der Waals surface area contributed by atoms with Gasteiger partial charge in [-0.05, 0) is 25.0 Å². The van der Waals surface area contributed by atoms with Crippen molar-refractivity contribution in [3.05, 3.63) is 52.5 Å². The number of rotatable bonds is 3. The summed E-state index contributed by atoms with van der Waals surface area (Å²) in [6.45, 7) is 1.59. The van der Waals surface area contributed by atoms with E-state index < -0.39 is 23.8 Å². The number of nitrogens with one attached hydrogen (secondary N) is 1. The molecule has 1 aliphatic carbocycles. The number of fused-ring (bicyclic) bond motifs is 1. The minimum Gasteiger partial charge on any atom is -0.311 e. The predicted octanol–water partition coefficient (Wildman–Crippen LogP) is 2.74. The van der Waals surface area contributed by atoms with Crippen LogP contribution in [0.1, 0.15) is 12.0 Å². The normalized spacial score (nSPS) is 18.5. The second-order valence-corrected chi connectivity index (χ2v) is 6.69. The highest BCUT2D eigenvalue weighted by atomic mass is 19.1. The quantitative estimate of drug-likeness (QED) is 0.769. The van der Waals surface area contributed by atoms with Crippen LogP contribution in [0.2, 0.25) is 0 Å². The molecule has 0 aromatic carbocycles. The van der Waals surface area contributed by atoms with Crippen LogP contribution < -0.4 is 10.9 Å². The van der Waals surface area contributed by atoms with Crippen molar-refractivity contribution in [3.63, 3.8) is 0 Å². The molecule has 1 N–H and O–H groups in total. The third kappa shape index (κ3) is 2.97. The van der Waals surface area contributed by atoms with Crippen molar-refractivity contribution in [3.8, 4) is 11.1 Å². The molecular formula is C19H16F2N4O2. The van der Waals surface area contributed by atoms with Crippen molar-refractivity contribution in [2.75, 3.05) is 5.32 Å². The maximum Gasteiger partial charge on any atom is 0.258 e. The molecule has 8 heteroatoms. The van der Waals surface area contributed by atoms with Gasteiger partial charge in [-0.25, -0.2) is 13.8 Å². The minimum absolute atomic E-state index is 0.224. The van der Waals surface area contributed by atoms with Crippen LogP contribution in [-0.2, 0) is 11.8 Å². The Balaban J connectivity index is 1.78. The summed E-state index contributed by atoms with van der Waals surface area (Å²) in [6, 6.07) is 3.18. The highest BCUT2D eigenvalue weighted by Gasteiger charge is 2.43. The Hall–Kier alpha value is -3.16. The zero-order chi connectivity index (χ0) is 19.3. The van der Waals surface area contributed by atoms with Crippen LogP contribution in [0.3, 0.4) is 0 Å². The van der Waals surface area contributed by atoms with Crippen LogP contribution in [0.5, 0.6) is 0 Å². The predicted molar refractivity (Wildman–Crippen MR) is 96.5 cm³/mol. The van der Waals surface area contributed by atoms with Crippen molar-refractivity contribution >= 4 is 22.6 Å². The number of aryl methyl sites for hydroxylation is 1. The zero-order valence-corrected chi connectivity index (χ0v) is 14.7. The third-order valence-corrected chi connectivity index (χ3v) is 4.85. The molecule has 0 bridgehead atoms. The number of amides is 1. The van der Waals surface area contributed by atoms with Gasteiger partial charge in [0.1, 0.15) is 17.8 Å². The fourth-order valence-corrected chi connectivity index (χ4v) is 3.05. The first-order valence-electron chi connectivity index (χ1n) is 8.42. The van der Waals surface area contributed by atoms with Crippen LogP contribution in [0.15, 0.2) is 35.5 Å². The molecule has 27 heavy (non-hydrogen) atoms. The highest BCUT2D eigenvalue weighted by Crippen LogP contribution is 2.34. The summed E-state index contributed by atoms with van der Waals surface area (Å²) in [6.07, 6.45) is 3.19. The Labute approximate surface area is 152 Å². The molecule has 2 atom stereocenters. The molecule has 0 spiro atoms. The standard InChI is InChI=1S/C19H16F2N4O2/c1-9-13(7-22-8-15(9)21)11-3-10-6-23-17(5-16(10)25(2)19(11)27)24-18(26)12-4-14(12)20/h3,5-8,12,14H,4H2,1-2H3,(H,23,24,26)/t12-,14-/m0/s1. The monoisotopic (exact) mass is 370 g/mol. The molecular weight excluding hydrogens is 354 g/mol. The first kappa shape index (κ1) is 17.3. The molecule has 0 radical (unpaired) electrons. The van der Waals surface area contributed by atoms with Crippen molar-refractivity contribution in [2.45, 2.75) is 19.5 Å². The van der Waals surface area contributed by atoms with Crippen LogP contribution in [0.4, 0.5) is 14.6 Å². The lowest BCUT2D eigenvalue weighted by Gasteiger charge is -2.12. The topological polar surface area (TPSA) is 76.9 Å². The smallest absolute Gasteiger partial charge is 0.258 e. The average molecular weight is 370 g/mol. The van der Waals surface area contributed by atoms with Crippen LogP contribution in [0, 0.1) is 18.7 Å². The van der Waals surface area contributed by atoms with Gasteiger partial charge < -0.3 is 9.88 Å². The van der Waals surface area contributed by atoms with E-state index >= 15 is 0 Å². The van der Waals surface area contributed by atoms with Gasteiger partial charge in [0.25, 0.3) is 5.56 Å². The van der Waals surface area contributed by atoms with Crippen molar-refractivity contribution < 1.29 is 13.6 Å². The number of nitrogens with zero attached hydrogens (tertiary/aromatic N) is 3. The number of hydrogen-bond acceptors (Lipinski definition) is 4. The highest BCUT2D eigenvalue weighted by molar-refractivity contribution is 5.95. The van der Waals surface area contributed by atoms with E-state index in [-0.39, 0.29) is 17.8 Å². The Morgan fingerprint density at radius 3 is 2.70 bits per heavy atom. The molecule has 3 aromatic heterocycles. The molecule has 0 aliphatic heterocycles. The van der Waals surface area contributed by atoms with E-state index in [0.29, 0.717) is 27.6 Å². The van der Waals surface area contributed by atoms with E-state index in [0.717, 1.165) is 6.20 Å². The zero-order valence-electron chi connectivity index (χ0n) is 14.7. The molecule has 138 valence electrons. The summed E-state index contributed by atoms with van der Waals surface area (Å²) >= 11 is 0. The van der Waals surface area contributed by atoms with Gasteiger partial charge in [-0.3, -0.25) is 14.6 Å². The van der Waals surface area contributed by atoms with Gasteiger partial charge in [0.05, 0.1) is 17.6 Å². The van der Waals surface area contributed by atoms with Gasteiger partial charge >= 0.3 is 0 Å². The Morgan fingerprint density at radius 2 is 2.00 bits per heavy atom. The van der Waals surface area contributed by atoms with Crippen LogP contribution >= 0.6 is 0 Å². The van der Waals surface area contributed by atoms with Crippen LogP contribution in [-0.4, -0.2) is 26.6 Å². The lowest BCUT2D eigenvalue weighted by Crippen LogP contribution is -2.20. The summed E-state index contributed by atoms with van der Waals surface area (Å²) in [4.78, 5) is 32.7. The van der Waals surface area contributed by atoms with E-state index in [2.05, 4.69) is 15.3 Å². The molecule has 3 heterocycles. The molecule has 3 aromatic rings. The number of hydrogen-bond donors (Lipinski definition) is 1. The molecule has 1 saturated carbocycles. The van der Waals surface area contributed by atoms with E-state index in [1.165, 1.54) is 17.0 Å². The molecule has 4 rings (SSSR count). The summed E-state index contributed by atoms with van der Waals surface area (Å²) in [5, 5.41) is 3.21. The molecule has 1 amide bonds. The molecule has 0 saturated heterocycles. The summed E-state index contributed by atoms with van der Waals surface area (Å²) < 4.78 is 28.2. The van der Waals surface area contributed by atoms with Gasteiger partial charge in [-0.2, -0.15) is 0 Å². The maximum absolute atomic E-state index is 13.8. The average Bonchev–Trinajstić information content (AvgIpc) is 3.38. The van der Waals surface area contributed by atoms with Gasteiger partial charge in [0.15, 0.2) is 0 Å². The summed E-state index contributed by atoms with van der Waals surface area (Å²) in [5.41, 5.74) is 1.28. The number of carbonyl (C=O) groups is 1. The van der Waals surface area contributed by atoms with E-state index in [9.17, 15) is 18.4 Å². The van der Waals surface area contributed by atoms with Crippen molar-refractivity contribution in [2.24, 2.45) is 13.0 Å². The van der Waals surface area contributed by atoms with Gasteiger partial charge in [0.2, 0.25) is 5.91 Å². The number of carbonyl (C=O) groups excluding carboxylic acids is 1. The van der Waals surface area contributed by atoms with E-state index in [1.54, 1.807) is 26.1 Å². The number of halogens is 2. The second kappa shape index (κ2) is 6.22. The molecule has 6 nitrogen and oxygen atoms in total. The summed E-state index contributed by atoms with van der Waals surface area (Å²) in [7, 11) is 1.58. The lowest BCUT2D eigenvalue weighted by atomic mass is 10.0. The minimum atomic E-state index is -1.10. The number of alkyl halides is 1. The number of aromatic nitrogens is 3. The van der Waals surface area contributed by atoms with Crippen molar-refractivity contribution in [1.29, 1.82) is 0 Å². The fraction of sp³-hybridized carbons (Fsp3) is 0.263.